The van der Waals surface area contributed by atoms with Gasteiger partial charge in [0.2, 0.25) is 12.1 Å². The Bertz CT molecular complexity index is 1480. The van der Waals surface area contributed by atoms with Gasteiger partial charge in [-0.05, 0) is 29.5 Å². The van der Waals surface area contributed by atoms with Crippen LogP contribution < -0.4 is 10.6 Å². The summed E-state index contributed by atoms with van der Waals surface area (Å²) in [7, 11) is 0. The molecule has 3 N–H and O–H groups in total. The van der Waals surface area contributed by atoms with Crippen LogP contribution in [0.15, 0.2) is 91.0 Å². The number of ether oxygens (including phenoxy) is 4. The molecular weight excluding hydrogens is 594 g/mol. The number of hydrogen-bond acceptors (Lipinski definition) is 10. The minimum absolute atomic E-state index is 0.0140. The lowest BCUT2D eigenvalue weighted by Crippen LogP contribution is -2.48. The molecule has 0 aromatic heterocycles. The van der Waals surface area contributed by atoms with Gasteiger partial charge in [0.15, 0.2) is 0 Å². The number of alkyl carbamates (subject to hydrolysis) is 2. The van der Waals surface area contributed by atoms with Crippen LogP contribution in [-0.4, -0.2) is 53.8 Å². The van der Waals surface area contributed by atoms with Gasteiger partial charge in [-0.25, -0.2) is 19.3 Å². The molecule has 2 atom stereocenters. The van der Waals surface area contributed by atoms with E-state index in [4.69, 9.17) is 24.4 Å². The molecule has 0 bridgehead atoms. The number of amides is 3. The Morgan fingerprint density at radius 3 is 1.74 bits per heavy atom. The Balaban J connectivity index is 1.66. The number of carbonyl (C=O) groups excluding carboxylic acids is 4. The van der Waals surface area contributed by atoms with Gasteiger partial charge in [-0.2, -0.15) is 5.26 Å². The standard InChI is InChI=1S/C33H35N5O8/c1-24(39)46-29(20-34)28(36-31(40)43-21-25-12-5-2-6-13-25)18-11-19-38(33(42)45-23-27-16-9-4-10-17-27)30(35)37-32(41)44-22-26-14-7-3-8-15-26/h2-10,12-17,28-29H,11,18-19,21-23H2,1H3,(H,36,40)(H2,35,37,41). The smallest absolute Gasteiger partial charge is 0.416 e. The summed E-state index contributed by atoms with van der Waals surface area (Å²) in [6.07, 6.45) is -4.02. The molecule has 240 valence electrons. The lowest BCUT2D eigenvalue weighted by atomic mass is 10.1. The minimum Gasteiger partial charge on any atom is -0.445 e. The minimum atomic E-state index is -1.37. The quantitative estimate of drug-likeness (QED) is 0.101. The third-order valence-electron chi connectivity index (χ3n) is 6.33. The number of esters is 1. The zero-order chi connectivity index (χ0) is 33.1. The molecule has 2 unspecified atom stereocenters. The summed E-state index contributed by atoms with van der Waals surface area (Å²) in [4.78, 5) is 50.6. The predicted octanol–water partition coefficient (Wildman–Crippen LogP) is 5.02. The highest BCUT2D eigenvalue weighted by molar-refractivity contribution is 5.99. The van der Waals surface area contributed by atoms with Crippen molar-refractivity contribution in [2.24, 2.45) is 0 Å². The first-order chi connectivity index (χ1) is 22.2. The molecule has 46 heavy (non-hydrogen) atoms. The highest BCUT2D eigenvalue weighted by atomic mass is 16.6. The Kier molecular flexibility index (Phi) is 14.1. The zero-order valence-corrected chi connectivity index (χ0v) is 25.2. The van der Waals surface area contributed by atoms with E-state index in [1.165, 1.54) is 0 Å². The molecular formula is C33H35N5O8. The monoisotopic (exact) mass is 629 g/mol. The van der Waals surface area contributed by atoms with Crippen molar-refractivity contribution in [3.63, 3.8) is 0 Å². The third-order valence-corrected chi connectivity index (χ3v) is 6.33. The lowest BCUT2D eigenvalue weighted by molar-refractivity contribution is -0.145. The van der Waals surface area contributed by atoms with Crippen LogP contribution in [0.25, 0.3) is 0 Å². The fourth-order valence-electron chi connectivity index (χ4n) is 4.08. The molecule has 13 heteroatoms. The Hall–Kier alpha value is -5.90. The second-order valence-corrected chi connectivity index (χ2v) is 9.84. The number of nitriles is 1. The van der Waals surface area contributed by atoms with E-state index in [0.29, 0.717) is 5.56 Å². The van der Waals surface area contributed by atoms with Crippen molar-refractivity contribution in [3.8, 4) is 6.07 Å². The maximum absolute atomic E-state index is 13.1. The first-order valence-corrected chi connectivity index (χ1v) is 14.3. The molecule has 0 spiro atoms. The summed E-state index contributed by atoms with van der Waals surface area (Å²) in [6, 6.07) is 27.6. The Morgan fingerprint density at radius 1 is 0.783 bits per heavy atom. The highest BCUT2D eigenvalue weighted by Gasteiger charge is 2.28. The fraction of sp³-hybridized carbons (Fsp3) is 0.273. The molecule has 0 heterocycles. The van der Waals surface area contributed by atoms with Crippen molar-refractivity contribution in [1.82, 2.24) is 15.5 Å². The number of benzene rings is 3. The van der Waals surface area contributed by atoms with Crippen LogP contribution in [0.1, 0.15) is 36.5 Å². The van der Waals surface area contributed by atoms with Gasteiger partial charge in [0.1, 0.15) is 25.9 Å². The van der Waals surface area contributed by atoms with E-state index in [2.05, 4.69) is 10.6 Å². The molecule has 0 aliphatic heterocycles. The number of nitrogens with one attached hydrogen (secondary N) is 3. The van der Waals surface area contributed by atoms with Gasteiger partial charge in [-0.3, -0.25) is 15.5 Å². The van der Waals surface area contributed by atoms with E-state index in [1.807, 2.05) is 24.3 Å². The van der Waals surface area contributed by atoms with Crippen molar-refractivity contribution in [1.29, 1.82) is 10.7 Å². The maximum atomic E-state index is 13.1. The van der Waals surface area contributed by atoms with Crippen LogP contribution in [0.4, 0.5) is 14.4 Å². The van der Waals surface area contributed by atoms with Crippen LogP contribution in [0.5, 0.6) is 0 Å². The average molecular weight is 630 g/mol. The van der Waals surface area contributed by atoms with Gasteiger partial charge in [0, 0.05) is 13.5 Å². The summed E-state index contributed by atoms with van der Waals surface area (Å²) in [5.41, 5.74) is 2.17. The Labute approximate surface area is 266 Å². The topological polar surface area (TPSA) is 180 Å². The van der Waals surface area contributed by atoms with Crippen LogP contribution in [0, 0.1) is 16.7 Å². The largest absolute Gasteiger partial charge is 0.445 e. The molecule has 3 aromatic carbocycles. The molecule has 3 aromatic rings. The number of guanidine groups is 1. The number of hydrogen-bond donors (Lipinski definition) is 3. The van der Waals surface area contributed by atoms with E-state index in [1.54, 1.807) is 72.8 Å². The van der Waals surface area contributed by atoms with Crippen LogP contribution in [-0.2, 0) is 43.6 Å². The normalized spacial score (nSPS) is 11.5. The van der Waals surface area contributed by atoms with Gasteiger partial charge >= 0.3 is 24.2 Å². The number of nitrogens with zero attached hydrogens (tertiary/aromatic N) is 2. The molecule has 0 fully saturated rings. The van der Waals surface area contributed by atoms with Crippen LogP contribution in [0.2, 0.25) is 0 Å². The molecule has 13 nitrogen and oxygen atoms in total. The second kappa shape index (κ2) is 18.7. The first kappa shape index (κ1) is 34.6. The van der Waals surface area contributed by atoms with Gasteiger partial charge in [0.05, 0.1) is 6.04 Å². The van der Waals surface area contributed by atoms with E-state index >= 15 is 0 Å². The van der Waals surface area contributed by atoms with Crippen molar-refractivity contribution in [2.45, 2.75) is 51.7 Å². The van der Waals surface area contributed by atoms with Crippen LogP contribution in [0.3, 0.4) is 0 Å². The van der Waals surface area contributed by atoms with E-state index in [9.17, 15) is 24.4 Å². The van der Waals surface area contributed by atoms with Crippen molar-refractivity contribution < 1.29 is 38.1 Å². The summed E-state index contributed by atoms with van der Waals surface area (Å²) in [5, 5.41) is 22.9. The van der Waals surface area contributed by atoms with Gasteiger partial charge in [-0.1, -0.05) is 91.0 Å². The number of rotatable bonds is 13. The number of carbonyl (C=O) groups is 4. The molecule has 0 radical (unpaired) electrons. The maximum Gasteiger partial charge on any atom is 0.416 e. The lowest BCUT2D eigenvalue weighted by Gasteiger charge is -2.25. The van der Waals surface area contributed by atoms with Gasteiger partial charge in [-0.15, -0.1) is 0 Å². The van der Waals surface area contributed by atoms with E-state index in [0.717, 1.165) is 23.0 Å². The van der Waals surface area contributed by atoms with E-state index < -0.39 is 42.4 Å². The summed E-state index contributed by atoms with van der Waals surface area (Å²) >= 11 is 0. The Morgan fingerprint density at radius 2 is 1.26 bits per heavy atom. The molecule has 0 aliphatic rings. The molecule has 0 saturated carbocycles. The van der Waals surface area contributed by atoms with Gasteiger partial charge in [0.25, 0.3) is 0 Å². The summed E-state index contributed by atoms with van der Waals surface area (Å²) < 4.78 is 20.9. The predicted molar refractivity (Wildman–Crippen MR) is 165 cm³/mol. The van der Waals surface area contributed by atoms with Crippen molar-refractivity contribution >= 4 is 30.2 Å². The second-order valence-electron chi connectivity index (χ2n) is 9.84. The molecule has 0 saturated heterocycles. The SMILES string of the molecule is CC(=O)OC(C#N)C(CCCN(C(=N)NC(=O)OCc1ccccc1)C(=O)OCc1ccccc1)NC(=O)OCc1ccccc1. The van der Waals surface area contributed by atoms with Crippen molar-refractivity contribution in [3.05, 3.63) is 108 Å². The van der Waals surface area contributed by atoms with Crippen molar-refractivity contribution in [2.75, 3.05) is 6.54 Å². The zero-order valence-electron chi connectivity index (χ0n) is 25.2. The summed E-state index contributed by atoms with van der Waals surface area (Å²) in [6.45, 7) is 0.763. The average Bonchev–Trinajstić information content (AvgIpc) is 3.07. The first-order valence-electron chi connectivity index (χ1n) is 14.3. The highest BCUT2D eigenvalue weighted by Crippen LogP contribution is 2.12. The molecule has 3 rings (SSSR count). The molecule has 0 aliphatic carbocycles. The van der Waals surface area contributed by atoms with Gasteiger partial charge < -0.3 is 24.3 Å². The third kappa shape index (κ3) is 12.4. The van der Waals surface area contributed by atoms with Crippen LogP contribution >= 0.6 is 0 Å². The fourth-order valence-corrected chi connectivity index (χ4v) is 4.08. The molecule has 3 amide bonds. The van der Waals surface area contributed by atoms with E-state index in [-0.39, 0.29) is 39.2 Å². The summed E-state index contributed by atoms with van der Waals surface area (Å²) in [5.74, 6) is -1.35.